The minimum absolute atomic E-state index is 0.0322. The van der Waals surface area contributed by atoms with Crippen molar-refractivity contribution in [2.45, 2.75) is 41.5 Å². The molecule has 0 saturated carbocycles. The first kappa shape index (κ1) is 97.4. The molecular formula is C66H96O30. The molecule has 0 amide bonds. The van der Waals surface area contributed by atoms with Crippen molar-refractivity contribution in [3.63, 3.8) is 0 Å². The Labute approximate surface area is 561 Å². The van der Waals surface area contributed by atoms with Crippen LogP contribution in [-0.2, 0) is 143 Å². The number of rotatable bonds is 48. The Kier molecular flexibility index (Phi) is 72.1. The van der Waals surface area contributed by atoms with E-state index in [1.54, 1.807) is 41.5 Å². The molecule has 0 fully saturated rings. The maximum Gasteiger partial charge on any atom is 0.333 e. The number of hydrogen-bond acceptors (Lipinski definition) is 30. The summed E-state index contributed by atoms with van der Waals surface area (Å²) in [6, 6.07) is 0. The molecule has 0 saturated heterocycles. The van der Waals surface area contributed by atoms with E-state index in [0.29, 0.717) is 86.3 Å². The normalized spacial score (nSPS) is 9.31. The Morgan fingerprint density at radius 3 is 0.396 bits per heavy atom. The molecule has 96 heavy (non-hydrogen) atoms. The van der Waals surface area contributed by atoms with Crippen LogP contribution in [0.2, 0.25) is 0 Å². The molecule has 0 aromatic carbocycles. The lowest BCUT2D eigenvalue weighted by Gasteiger charge is -2.07. The lowest BCUT2D eigenvalue weighted by atomic mass is 10.4. The number of ether oxygens (including phenoxy) is 18. The summed E-state index contributed by atoms with van der Waals surface area (Å²) in [6.07, 6.45) is 6.41. The summed E-state index contributed by atoms with van der Waals surface area (Å²) in [5, 5.41) is 0. The maximum absolute atomic E-state index is 11.0. The molecule has 0 heterocycles. The van der Waals surface area contributed by atoms with E-state index in [-0.39, 0.29) is 106 Å². The maximum atomic E-state index is 11.0. The second kappa shape index (κ2) is 71.1. The molecule has 0 aromatic rings. The zero-order valence-electron chi connectivity index (χ0n) is 56.2. The van der Waals surface area contributed by atoms with E-state index in [1.165, 1.54) is 0 Å². The van der Waals surface area contributed by atoms with Gasteiger partial charge in [0.05, 0.1) is 79.3 Å². The lowest BCUT2D eigenvalue weighted by Crippen LogP contribution is -2.15. The molecule has 0 N–H and O–H groups in total. The highest BCUT2D eigenvalue weighted by atomic mass is 16.6. The zero-order chi connectivity index (χ0) is 74.3. The van der Waals surface area contributed by atoms with E-state index in [9.17, 15) is 57.5 Å². The Morgan fingerprint density at radius 1 is 0.188 bits per heavy atom. The van der Waals surface area contributed by atoms with Gasteiger partial charge in [0, 0.05) is 69.9 Å². The van der Waals surface area contributed by atoms with Crippen LogP contribution in [0.15, 0.2) is 149 Å². The first-order chi connectivity index (χ1) is 45.4. The van der Waals surface area contributed by atoms with Crippen molar-refractivity contribution < 1.29 is 143 Å². The van der Waals surface area contributed by atoms with E-state index >= 15 is 0 Å². The SMILES string of the molecule is C=C(C)C(=O)OCCOC(=O)C(=C)C.C=C(C)C(=O)OCCOCCOC(=O)C(=C)C.C=C(C)C(=O)OCCOCCOCCOC(=O)C(=C)C.C=CC(=O)OCCOC(=O)C=C.C=CC(=O)OCCOCCOC(=O)C=C.C=CC(=O)OCCOCCOCCOC(=O)C=C. The first-order valence-corrected chi connectivity index (χ1v) is 28.6. The molecule has 0 aromatic heterocycles. The molecule has 540 valence electrons. The highest BCUT2D eigenvalue weighted by molar-refractivity contribution is 5.89. The first-order valence-electron chi connectivity index (χ1n) is 28.6. The van der Waals surface area contributed by atoms with Crippen LogP contribution in [0.1, 0.15) is 41.5 Å². The Bertz CT molecular complexity index is 2320. The topological polar surface area (TPSA) is 371 Å². The Balaban J connectivity index is -0.000000255. The van der Waals surface area contributed by atoms with E-state index in [0.717, 1.165) is 36.5 Å². The van der Waals surface area contributed by atoms with Crippen LogP contribution in [-0.4, -0.2) is 230 Å². The third kappa shape index (κ3) is 78.5. The predicted octanol–water partition coefficient (Wildman–Crippen LogP) is 5.11. The molecule has 0 aliphatic carbocycles. The molecule has 0 atom stereocenters. The monoisotopic (exact) mass is 1370 g/mol. The fourth-order valence-electron chi connectivity index (χ4n) is 4.07. The minimum atomic E-state index is -0.537. The fourth-order valence-corrected chi connectivity index (χ4v) is 4.07. The van der Waals surface area contributed by atoms with Gasteiger partial charge in [-0.3, -0.25) is 0 Å². The van der Waals surface area contributed by atoms with E-state index in [2.05, 4.69) is 117 Å². The standard InChI is InChI=1S/C14H22O6.C12H18O6.C12H18O5.C10H14O5.C10H14O4.C8H10O4/c1-11(2)13(15)19-9-7-17-5-6-18-8-10-20-14(16)12(3)4;1-3-11(13)17-9-7-15-5-6-16-8-10-18-12(14)4-2;1-9(2)11(13)16-7-5-15-6-8-17-12(14)10(3)4;1-3-9(11)14-7-5-13-6-8-15-10(12)4-2;1-7(2)9(11)13-5-6-14-10(12)8(3)4;1-3-7(9)11-5-6-12-8(10)4-2/h1,3,5-10H2,2,4H3;3-4H,1-2,5-10H2;1,3,5-8H2,2,4H3;3-4H,1-2,5-8H2;1,3,5-6H2,2,4H3;3-4H,1-2,5-6H2. The van der Waals surface area contributed by atoms with Crippen LogP contribution in [0.3, 0.4) is 0 Å². The molecule has 0 rings (SSSR count). The molecular weight excluding hydrogens is 1270 g/mol. The van der Waals surface area contributed by atoms with Crippen molar-refractivity contribution in [1.29, 1.82) is 0 Å². The molecule has 0 spiro atoms. The lowest BCUT2D eigenvalue weighted by molar-refractivity contribution is -0.147. The predicted molar refractivity (Wildman–Crippen MR) is 346 cm³/mol. The van der Waals surface area contributed by atoms with Crippen molar-refractivity contribution >= 4 is 71.6 Å². The van der Waals surface area contributed by atoms with Gasteiger partial charge in [-0.2, -0.15) is 0 Å². The summed E-state index contributed by atoms with van der Waals surface area (Å²) >= 11 is 0. The van der Waals surface area contributed by atoms with Gasteiger partial charge in [-0.05, 0) is 41.5 Å². The average Bonchev–Trinajstić information content (AvgIpc) is 3.76. The zero-order valence-corrected chi connectivity index (χ0v) is 56.2. The molecule has 0 aliphatic heterocycles. The third-order valence-electron chi connectivity index (χ3n) is 8.69. The van der Waals surface area contributed by atoms with Crippen molar-refractivity contribution in [2.24, 2.45) is 0 Å². The Hall–Kier alpha value is -9.72. The second-order valence-electron chi connectivity index (χ2n) is 17.4. The van der Waals surface area contributed by atoms with Gasteiger partial charge in [0.2, 0.25) is 0 Å². The van der Waals surface area contributed by atoms with Gasteiger partial charge in [-0.1, -0.05) is 78.9 Å². The summed E-state index contributed by atoms with van der Waals surface area (Å²) in [5.74, 6) is -5.72. The minimum Gasteiger partial charge on any atom is -0.460 e. The summed E-state index contributed by atoms with van der Waals surface area (Å²) < 4.78 is 86.9. The van der Waals surface area contributed by atoms with Gasteiger partial charge >= 0.3 is 71.6 Å². The number of carbonyl (C=O) groups is 12. The van der Waals surface area contributed by atoms with Crippen LogP contribution >= 0.6 is 0 Å². The summed E-state index contributed by atoms with van der Waals surface area (Å²) in [6.45, 7) is 54.5. The Morgan fingerprint density at radius 2 is 0.281 bits per heavy atom. The van der Waals surface area contributed by atoms with Gasteiger partial charge in [-0.15, -0.1) is 0 Å². The smallest absolute Gasteiger partial charge is 0.333 e. The third-order valence-corrected chi connectivity index (χ3v) is 8.69. The van der Waals surface area contributed by atoms with Gasteiger partial charge in [0.15, 0.2) is 0 Å². The van der Waals surface area contributed by atoms with E-state index in [4.69, 9.17) is 47.4 Å². The number of esters is 12. The number of carbonyl (C=O) groups excluding carboxylic acids is 12. The summed E-state index contributed by atoms with van der Waals surface area (Å²) in [5.41, 5.74) is 2.04. The molecule has 0 radical (unpaired) electrons. The van der Waals surface area contributed by atoms with Gasteiger partial charge in [0.25, 0.3) is 0 Å². The second-order valence-corrected chi connectivity index (χ2v) is 17.4. The highest BCUT2D eigenvalue weighted by Gasteiger charge is 2.08. The molecule has 0 unspecified atom stereocenters. The molecule has 30 heteroatoms. The van der Waals surface area contributed by atoms with Crippen LogP contribution in [0, 0.1) is 0 Å². The molecule has 0 bridgehead atoms. The van der Waals surface area contributed by atoms with Gasteiger partial charge in [-0.25, -0.2) is 57.5 Å². The highest BCUT2D eigenvalue weighted by Crippen LogP contribution is 1.98. The molecule has 0 aliphatic rings. The van der Waals surface area contributed by atoms with Crippen LogP contribution in [0.5, 0.6) is 0 Å². The largest absolute Gasteiger partial charge is 0.460 e. The number of hydrogen-bond donors (Lipinski definition) is 0. The molecule has 30 nitrogen and oxygen atoms in total. The van der Waals surface area contributed by atoms with E-state index in [1.807, 2.05) is 0 Å². The van der Waals surface area contributed by atoms with Crippen molar-refractivity contribution in [1.82, 2.24) is 0 Å². The summed E-state index contributed by atoms with van der Waals surface area (Å²) in [7, 11) is 0. The quantitative estimate of drug-likeness (QED) is 0.0330. The van der Waals surface area contributed by atoms with Crippen LogP contribution in [0.25, 0.3) is 0 Å². The fraction of sp³-hybridized carbons (Fsp3) is 0.455. The summed E-state index contributed by atoms with van der Waals surface area (Å²) in [4.78, 5) is 129. The van der Waals surface area contributed by atoms with Crippen molar-refractivity contribution in [3.8, 4) is 0 Å². The average molecular weight is 1370 g/mol. The van der Waals surface area contributed by atoms with Gasteiger partial charge < -0.3 is 85.3 Å². The van der Waals surface area contributed by atoms with Crippen LogP contribution < -0.4 is 0 Å². The van der Waals surface area contributed by atoms with Crippen molar-refractivity contribution in [2.75, 3.05) is 159 Å². The van der Waals surface area contributed by atoms with Crippen LogP contribution in [0.4, 0.5) is 0 Å². The van der Waals surface area contributed by atoms with Crippen molar-refractivity contribution in [3.05, 3.63) is 149 Å². The van der Waals surface area contributed by atoms with E-state index < -0.39 is 71.6 Å². The van der Waals surface area contributed by atoms with Gasteiger partial charge in [0.1, 0.15) is 79.3 Å².